The highest BCUT2D eigenvalue weighted by Crippen LogP contribution is 2.33. The van der Waals surface area contributed by atoms with E-state index in [1.165, 1.54) is 0 Å². The molecule has 2 aromatic carbocycles. The number of benzene rings is 2. The minimum absolute atomic E-state index is 0.0524. The van der Waals surface area contributed by atoms with Gasteiger partial charge in [-0.05, 0) is 17.2 Å². The van der Waals surface area contributed by atoms with Gasteiger partial charge in [0.2, 0.25) is 0 Å². The van der Waals surface area contributed by atoms with Crippen molar-refractivity contribution >= 4 is 6.29 Å². The topological polar surface area (TPSA) is 57.5 Å². The monoisotopic (exact) mass is 228 g/mol. The van der Waals surface area contributed by atoms with Crippen LogP contribution in [-0.2, 0) is 6.61 Å². The van der Waals surface area contributed by atoms with Gasteiger partial charge < -0.3 is 10.2 Å². The molecule has 0 aromatic heterocycles. The molecule has 3 heteroatoms. The number of phenols is 1. The van der Waals surface area contributed by atoms with E-state index in [-0.39, 0.29) is 17.9 Å². The summed E-state index contributed by atoms with van der Waals surface area (Å²) < 4.78 is 0. The fourth-order valence-electron chi connectivity index (χ4n) is 1.79. The van der Waals surface area contributed by atoms with Gasteiger partial charge in [0, 0.05) is 5.56 Å². The van der Waals surface area contributed by atoms with E-state index in [2.05, 4.69) is 0 Å². The Bertz CT molecular complexity index is 547. The standard InChI is InChI=1S/C14H12O3/c15-8-10-4-1-2-6-12(10)13-7-3-5-11(9-16)14(13)17/h1-7,9,15,17H,8H2. The van der Waals surface area contributed by atoms with Crippen LogP contribution in [0, 0.1) is 0 Å². The van der Waals surface area contributed by atoms with Gasteiger partial charge in [-0.1, -0.05) is 36.4 Å². The van der Waals surface area contributed by atoms with E-state index in [1.807, 2.05) is 12.1 Å². The molecule has 0 unspecified atom stereocenters. The number of para-hydroxylation sites is 1. The van der Waals surface area contributed by atoms with Crippen molar-refractivity contribution in [1.29, 1.82) is 0 Å². The predicted octanol–water partition coefficient (Wildman–Crippen LogP) is 2.36. The first-order valence-corrected chi connectivity index (χ1v) is 5.24. The summed E-state index contributed by atoms with van der Waals surface area (Å²) in [7, 11) is 0. The van der Waals surface area contributed by atoms with Crippen LogP contribution in [0.25, 0.3) is 11.1 Å². The number of hydrogen-bond donors (Lipinski definition) is 2. The largest absolute Gasteiger partial charge is 0.507 e. The molecule has 0 fully saturated rings. The van der Waals surface area contributed by atoms with Crippen molar-refractivity contribution in [3.05, 3.63) is 53.6 Å². The molecular formula is C14H12O3. The number of aliphatic hydroxyl groups is 1. The Hall–Kier alpha value is -2.13. The van der Waals surface area contributed by atoms with Crippen molar-refractivity contribution in [2.45, 2.75) is 6.61 Å². The zero-order valence-electron chi connectivity index (χ0n) is 9.13. The number of aromatic hydroxyl groups is 1. The molecule has 0 amide bonds. The highest BCUT2D eigenvalue weighted by molar-refractivity contribution is 5.86. The summed E-state index contributed by atoms with van der Waals surface area (Å²) in [6.45, 7) is -0.110. The molecule has 0 heterocycles. The Morgan fingerprint density at radius 1 is 1.00 bits per heavy atom. The number of aldehydes is 1. The Balaban J connectivity index is 2.64. The van der Waals surface area contributed by atoms with E-state index < -0.39 is 0 Å². The minimum atomic E-state index is -0.110. The number of phenolic OH excluding ortho intramolecular Hbond substituents is 1. The fourth-order valence-corrected chi connectivity index (χ4v) is 1.79. The molecule has 0 radical (unpaired) electrons. The van der Waals surface area contributed by atoms with Gasteiger partial charge in [0.15, 0.2) is 6.29 Å². The third kappa shape index (κ3) is 2.05. The van der Waals surface area contributed by atoms with Crippen LogP contribution in [0.5, 0.6) is 5.75 Å². The molecule has 0 atom stereocenters. The van der Waals surface area contributed by atoms with Crippen molar-refractivity contribution in [2.24, 2.45) is 0 Å². The predicted molar refractivity (Wildman–Crippen MR) is 64.9 cm³/mol. The summed E-state index contributed by atoms with van der Waals surface area (Å²) in [5.41, 5.74) is 2.25. The number of aliphatic hydroxyl groups excluding tert-OH is 1. The van der Waals surface area contributed by atoms with Gasteiger partial charge in [0.05, 0.1) is 12.2 Å². The lowest BCUT2D eigenvalue weighted by Gasteiger charge is -2.10. The second-order valence-corrected chi connectivity index (χ2v) is 3.68. The number of hydrogen-bond acceptors (Lipinski definition) is 3. The van der Waals surface area contributed by atoms with Crippen LogP contribution in [-0.4, -0.2) is 16.5 Å². The first-order valence-electron chi connectivity index (χ1n) is 5.24. The maximum Gasteiger partial charge on any atom is 0.153 e. The molecule has 0 aliphatic rings. The summed E-state index contributed by atoms with van der Waals surface area (Å²) in [5, 5.41) is 19.2. The first-order chi connectivity index (χ1) is 8.27. The van der Waals surface area contributed by atoms with Crippen molar-refractivity contribution in [3.8, 4) is 16.9 Å². The van der Waals surface area contributed by atoms with Gasteiger partial charge in [0.25, 0.3) is 0 Å². The highest BCUT2D eigenvalue weighted by Gasteiger charge is 2.10. The lowest BCUT2D eigenvalue weighted by Crippen LogP contribution is -1.91. The molecule has 0 saturated heterocycles. The average Bonchev–Trinajstić information content (AvgIpc) is 2.39. The summed E-state index contributed by atoms with van der Waals surface area (Å²) in [6.07, 6.45) is 0.612. The van der Waals surface area contributed by atoms with Crippen molar-refractivity contribution < 1.29 is 15.0 Å². The summed E-state index contributed by atoms with van der Waals surface area (Å²) >= 11 is 0. The Morgan fingerprint density at radius 3 is 2.41 bits per heavy atom. The lowest BCUT2D eigenvalue weighted by molar-refractivity contribution is 0.112. The third-order valence-corrected chi connectivity index (χ3v) is 2.67. The molecule has 2 rings (SSSR count). The molecule has 2 aromatic rings. The van der Waals surface area contributed by atoms with Gasteiger partial charge in [-0.2, -0.15) is 0 Å². The molecule has 3 nitrogen and oxygen atoms in total. The van der Waals surface area contributed by atoms with E-state index >= 15 is 0 Å². The van der Waals surface area contributed by atoms with Crippen molar-refractivity contribution in [3.63, 3.8) is 0 Å². The lowest BCUT2D eigenvalue weighted by atomic mass is 9.97. The third-order valence-electron chi connectivity index (χ3n) is 2.67. The Kier molecular flexibility index (Phi) is 3.21. The number of carbonyl (C=O) groups is 1. The van der Waals surface area contributed by atoms with Crippen molar-refractivity contribution in [1.82, 2.24) is 0 Å². The van der Waals surface area contributed by atoms with E-state index in [9.17, 15) is 15.0 Å². The van der Waals surface area contributed by atoms with E-state index in [1.54, 1.807) is 30.3 Å². The molecule has 0 aliphatic heterocycles. The number of carbonyl (C=O) groups excluding carboxylic acids is 1. The molecule has 0 spiro atoms. The first kappa shape index (κ1) is 11.4. The molecule has 17 heavy (non-hydrogen) atoms. The van der Waals surface area contributed by atoms with E-state index in [0.29, 0.717) is 17.4 Å². The zero-order chi connectivity index (χ0) is 12.3. The molecular weight excluding hydrogens is 216 g/mol. The van der Waals surface area contributed by atoms with Gasteiger partial charge in [-0.25, -0.2) is 0 Å². The van der Waals surface area contributed by atoms with E-state index in [4.69, 9.17) is 0 Å². The second kappa shape index (κ2) is 4.80. The Morgan fingerprint density at radius 2 is 1.71 bits per heavy atom. The smallest absolute Gasteiger partial charge is 0.153 e. The van der Waals surface area contributed by atoms with Crippen LogP contribution in [0.1, 0.15) is 15.9 Å². The van der Waals surface area contributed by atoms with E-state index in [0.717, 1.165) is 5.56 Å². The van der Waals surface area contributed by atoms with Gasteiger partial charge in [-0.3, -0.25) is 4.79 Å². The summed E-state index contributed by atoms with van der Waals surface area (Å²) in [6, 6.07) is 12.2. The second-order valence-electron chi connectivity index (χ2n) is 3.68. The fraction of sp³-hybridized carbons (Fsp3) is 0.0714. The molecule has 0 bridgehead atoms. The minimum Gasteiger partial charge on any atom is -0.507 e. The maximum atomic E-state index is 10.8. The van der Waals surface area contributed by atoms with Crippen LogP contribution >= 0.6 is 0 Å². The van der Waals surface area contributed by atoms with Crippen LogP contribution in [0.3, 0.4) is 0 Å². The molecule has 86 valence electrons. The molecule has 2 N–H and O–H groups in total. The molecule has 0 aliphatic carbocycles. The van der Waals surface area contributed by atoms with Gasteiger partial charge in [-0.15, -0.1) is 0 Å². The zero-order valence-corrected chi connectivity index (χ0v) is 9.13. The quantitative estimate of drug-likeness (QED) is 0.793. The van der Waals surface area contributed by atoms with Crippen LogP contribution < -0.4 is 0 Å². The van der Waals surface area contributed by atoms with Crippen LogP contribution in [0.15, 0.2) is 42.5 Å². The number of rotatable bonds is 3. The molecule has 0 saturated carbocycles. The SMILES string of the molecule is O=Cc1cccc(-c2ccccc2CO)c1O. The average molecular weight is 228 g/mol. The van der Waals surface area contributed by atoms with Crippen molar-refractivity contribution in [2.75, 3.05) is 0 Å². The highest BCUT2D eigenvalue weighted by atomic mass is 16.3. The summed E-state index contributed by atoms with van der Waals surface area (Å²) in [4.78, 5) is 10.8. The summed E-state index contributed by atoms with van der Waals surface area (Å²) in [5.74, 6) is -0.0524. The Labute approximate surface area is 99.0 Å². The maximum absolute atomic E-state index is 10.8. The normalized spacial score (nSPS) is 10.2. The van der Waals surface area contributed by atoms with Gasteiger partial charge in [0.1, 0.15) is 5.75 Å². The van der Waals surface area contributed by atoms with Crippen LogP contribution in [0.2, 0.25) is 0 Å². The van der Waals surface area contributed by atoms with Gasteiger partial charge >= 0.3 is 0 Å². The van der Waals surface area contributed by atoms with Crippen LogP contribution in [0.4, 0.5) is 0 Å².